The Bertz CT molecular complexity index is 517. The number of carbonyl (C=O) groups excluding carboxylic acids is 3. The number of nitrogens with zero attached hydrogens (tertiary/aromatic N) is 1. The lowest BCUT2D eigenvalue weighted by molar-refractivity contribution is -0.134. The fourth-order valence-electron chi connectivity index (χ4n) is 1.54. The van der Waals surface area contributed by atoms with Crippen molar-refractivity contribution < 1.29 is 18.8 Å². The molecule has 5 nitrogen and oxygen atoms in total. The van der Waals surface area contributed by atoms with Gasteiger partial charge in [-0.25, -0.2) is 4.39 Å². The molecular formula is C14H17FN2O3. The minimum Gasteiger partial charge on any atom is -0.336 e. The molecule has 108 valence electrons. The molecule has 0 radical (unpaired) electrons. The first-order valence-corrected chi connectivity index (χ1v) is 6.17. The van der Waals surface area contributed by atoms with Crippen molar-refractivity contribution in [1.29, 1.82) is 0 Å². The number of hydrogen-bond acceptors (Lipinski definition) is 3. The Kier molecular flexibility index (Phi) is 5.83. The lowest BCUT2D eigenvalue weighted by Crippen LogP contribution is -2.35. The summed E-state index contributed by atoms with van der Waals surface area (Å²) in [7, 11) is 1.48. The van der Waals surface area contributed by atoms with Crippen molar-refractivity contribution in [3.05, 3.63) is 30.1 Å². The molecule has 1 N–H and O–H groups in total. The summed E-state index contributed by atoms with van der Waals surface area (Å²) in [6.07, 6.45) is 0.244. The summed E-state index contributed by atoms with van der Waals surface area (Å²) >= 11 is 0. The van der Waals surface area contributed by atoms with Crippen molar-refractivity contribution in [3.8, 4) is 0 Å². The minimum atomic E-state index is -0.450. The molecule has 0 spiro atoms. The molecule has 0 fully saturated rings. The molecule has 0 unspecified atom stereocenters. The Labute approximate surface area is 116 Å². The molecule has 0 atom stereocenters. The van der Waals surface area contributed by atoms with Gasteiger partial charge in [-0.2, -0.15) is 0 Å². The van der Waals surface area contributed by atoms with E-state index in [9.17, 15) is 18.8 Å². The van der Waals surface area contributed by atoms with Gasteiger partial charge in [0.2, 0.25) is 11.8 Å². The van der Waals surface area contributed by atoms with Crippen LogP contribution in [0.4, 0.5) is 10.1 Å². The second-order valence-corrected chi connectivity index (χ2v) is 4.51. The third-order valence-electron chi connectivity index (χ3n) is 2.61. The number of nitrogens with one attached hydrogen (secondary N) is 1. The zero-order valence-electron chi connectivity index (χ0n) is 11.5. The number of carbonyl (C=O) groups is 3. The fourth-order valence-corrected chi connectivity index (χ4v) is 1.54. The Morgan fingerprint density at radius 1 is 1.25 bits per heavy atom. The van der Waals surface area contributed by atoms with E-state index < -0.39 is 11.7 Å². The van der Waals surface area contributed by atoms with Crippen LogP contribution >= 0.6 is 0 Å². The van der Waals surface area contributed by atoms with Crippen LogP contribution in [-0.4, -0.2) is 36.1 Å². The normalized spacial score (nSPS) is 9.95. The van der Waals surface area contributed by atoms with Gasteiger partial charge in [-0.05, 0) is 25.1 Å². The Morgan fingerprint density at radius 2 is 1.95 bits per heavy atom. The predicted molar refractivity (Wildman–Crippen MR) is 72.6 cm³/mol. The quantitative estimate of drug-likeness (QED) is 0.860. The lowest BCUT2D eigenvalue weighted by Gasteiger charge is -2.16. The fraction of sp³-hybridized carbons (Fsp3) is 0.357. The highest BCUT2D eigenvalue weighted by molar-refractivity contribution is 5.94. The van der Waals surface area contributed by atoms with E-state index in [1.165, 1.54) is 37.1 Å². The summed E-state index contributed by atoms with van der Waals surface area (Å²) in [6.45, 7) is 1.26. The van der Waals surface area contributed by atoms with Crippen LogP contribution in [-0.2, 0) is 14.4 Å². The van der Waals surface area contributed by atoms with Crippen LogP contribution in [0.3, 0.4) is 0 Å². The van der Waals surface area contributed by atoms with E-state index in [0.717, 1.165) is 0 Å². The molecule has 0 aliphatic carbocycles. The molecule has 0 saturated heterocycles. The van der Waals surface area contributed by atoms with Gasteiger partial charge in [0.15, 0.2) is 0 Å². The van der Waals surface area contributed by atoms with Crippen LogP contribution < -0.4 is 5.32 Å². The molecule has 6 heteroatoms. The average Bonchev–Trinajstić information content (AvgIpc) is 2.35. The minimum absolute atomic E-state index is 0.0732. The van der Waals surface area contributed by atoms with Crippen molar-refractivity contribution in [2.75, 3.05) is 18.9 Å². The Morgan fingerprint density at radius 3 is 2.55 bits per heavy atom. The Hall–Kier alpha value is -2.24. The lowest BCUT2D eigenvalue weighted by atomic mass is 10.2. The van der Waals surface area contributed by atoms with Gasteiger partial charge in [0, 0.05) is 25.6 Å². The number of Topliss-reactive ketones (excluding diaryl/α,β-unsaturated/α-hetero) is 1. The largest absolute Gasteiger partial charge is 0.336 e. The van der Waals surface area contributed by atoms with Gasteiger partial charge < -0.3 is 15.0 Å². The van der Waals surface area contributed by atoms with Crippen LogP contribution in [0.25, 0.3) is 0 Å². The summed E-state index contributed by atoms with van der Waals surface area (Å²) in [4.78, 5) is 35.3. The number of hydrogen-bond donors (Lipinski definition) is 1. The highest BCUT2D eigenvalue weighted by atomic mass is 19.1. The molecule has 0 heterocycles. The van der Waals surface area contributed by atoms with E-state index in [0.29, 0.717) is 5.69 Å². The molecule has 1 rings (SSSR count). The van der Waals surface area contributed by atoms with E-state index in [4.69, 9.17) is 0 Å². The highest BCUT2D eigenvalue weighted by Gasteiger charge is 2.13. The van der Waals surface area contributed by atoms with E-state index in [1.54, 1.807) is 6.07 Å². The number of benzene rings is 1. The molecule has 2 amide bonds. The van der Waals surface area contributed by atoms with Gasteiger partial charge in [0.1, 0.15) is 11.6 Å². The van der Waals surface area contributed by atoms with Gasteiger partial charge in [0.05, 0.1) is 6.54 Å². The maximum Gasteiger partial charge on any atom is 0.243 e. The van der Waals surface area contributed by atoms with E-state index in [1.807, 2.05) is 0 Å². The van der Waals surface area contributed by atoms with Crippen molar-refractivity contribution in [2.45, 2.75) is 19.8 Å². The zero-order valence-corrected chi connectivity index (χ0v) is 11.5. The third kappa shape index (κ3) is 5.60. The van der Waals surface area contributed by atoms with Crippen LogP contribution in [0.1, 0.15) is 19.8 Å². The topological polar surface area (TPSA) is 66.5 Å². The standard InChI is InChI=1S/C14H17FN2O3/c1-10(18)6-7-14(20)17(2)9-13(19)16-12-5-3-4-11(15)8-12/h3-5,8H,6-7,9H2,1-2H3,(H,16,19). The number of anilines is 1. The predicted octanol–water partition coefficient (Wildman–Crippen LogP) is 1.59. The van der Waals surface area contributed by atoms with Crippen LogP contribution in [0.15, 0.2) is 24.3 Å². The summed E-state index contributed by atoms with van der Waals surface area (Å²) in [6, 6.07) is 5.49. The average molecular weight is 280 g/mol. The number of likely N-dealkylation sites (N-methyl/N-ethyl adjacent to an activating group) is 1. The van der Waals surface area contributed by atoms with Crippen molar-refractivity contribution in [3.63, 3.8) is 0 Å². The smallest absolute Gasteiger partial charge is 0.243 e. The van der Waals surface area contributed by atoms with Crippen LogP contribution in [0, 0.1) is 5.82 Å². The Balaban J connectivity index is 2.45. The van der Waals surface area contributed by atoms with Gasteiger partial charge in [-0.3, -0.25) is 9.59 Å². The molecule has 0 aliphatic heterocycles. The summed E-state index contributed by atoms with van der Waals surface area (Å²) in [5, 5.41) is 2.49. The van der Waals surface area contributed by atoms with Crippen LogP contribution in [0.5, 0.6) is 0 Å². The van der Waals surface area contributed by atoms with Gasteiger partial charge in [-0.15, -0.1) is 0 Å². The van der Waals surface area contributed by atoms with Crippen molar-refractivity contribution >= 4 is 23.3 Å². The maximum absolute atomic E-state index is 12.9. The first-order chi connectivity index (χ1) is 9.38. The van der Waals surface area contributed by atoms with Gasteiger partial charge in [0.25, 0.3) is 0 Å². The zero-order chi connectivity index (χ0) is 15.1. The molecule has 20 heavy (non-hydrogen) atoms. The molecule has 0 saturated carbocycles. The molecule has 0 bridgehead atoms. The SMILES string of the molecule is CC(=O)CCC(=O)N(C)CC(=O)Nc1cccc(F)c1. The van der Waals surface area contributed by atoms with Gasteiger partial charge >= 0.3 is 0 Å². The van der Waals surface area contributed by atoms with Gasteiger partial charge in [-0.1, -0.05) is 6.07 Å². The summed E-state index contributed by atoms with van der Waals surface area (Å²) < 4.78 is 12.9. The van der Waals surface area contributed by atoms with Crippen molar-refractivity contribution in [2.24, 2.45) is 0 Å². The molecule has 1 aromatic rings. The summed E-state index contributed by atoms with van der Waals surface area (Å²) in [5.41, 5.74) is 0.333. The van der Waals surface area contributed by atoms with E-state index in [-0.39, 0.29) is 31.1 Å². The second kappa shape index (κ2) is 7.37. The second-order valence-electron chi connectivity index (χ2n) is 4.51. The number of amides is 2. The first-order valence-electron chi connectivity index (χ1n) is 6.17. The summed E-state index contributed by atoms with van der Waals surface area (Å²) in [5.74, 6) is -1.23. The number of rotatable bonds is 6. The highest BCUT2D eigenvalue weighted by Crippen LogP contribution is 2.09. The number of halogens is 1. The molecule has 0 aromatic heterocycles. The third-order valence-corrected chi connectivity index (χ3v) is 2.61. The monoisotopic (exact) mass is 280 g/mol. The van der Waals surface area contributed by atoms with E-state index >= 15 is 0 Å². The van der Waals surface area contributed by atoms with Crippen LogP contribution in [0.2, 0.25) is 0 Å². The molecular weight excluding hydrogens is 263 g/mol. The molecule has 0 aliphatic rings. The van der Waals surface area contributed by atoms with Crippen molar-refractivity contribution in [1.82, 2.24) is 4.90 Å². The first kappa shape index (κ1) is 15.8. The van der Waals surface area contributed by atoms with E-state index in [2.05, 4.69) is 5.32 Å². The number of ketones is 1. The maximum atomic E-state index is 12.9. The molecule has 1 aromatic carbocycles.